The molecule has 0 aliphatic rings. The molecule has 0 saturated carbocycles. The highest BCUT2D eigenvalue weighted by molar-refractivity contribution is 6.19. The average molecular weight is 774 g/mol. The van der Waals surface area contributed by atoms with Crippen molar-refractivity contribution < 1.29 is 8.83 Å². The lowest BCUT2D eigenvalue weighted by molar-refractivity contribution is 0.668. The highest BCUT2D eigenvalue weighted by atomic mass is 16.3. The van der Waals surface area contributed by atoms with E-state index in [1.807, 2.05) is 42.5 Å². The molecule has 0 aliphatic heterocycles. The van der Waals surface area contributed by atoms with Gasteiger partial charge in [0.15, 0.2) is 0 Å². The zero-order valence-corrected chi connectivity index (χ0v) is 32.7. The largest absolute Gasteiger partial charge is 0.456 e. The minimum Gasteiger partial charge on any atom is -0.456 e. The van der Waals surface area contributed by atoms with Crippen LogP contribution in [0, 0.1) is 0 Å². The van der Waals surface area contributed by atoms with E-state index in [1.165, 1.54) is 0 Å². The number of fused-ring (bicyclic) bond motifs is 7. The molecule has 5 heteroatoms. The number of rotatable bonds is 8. The first kappa shape index (κ1) is 35.4. The fourth-order valence-electron chi connectivity index (χ4n) is 8.68. The summed E-state index contributed by atoms with van der Waals surface area (Å²) in [4.78, 5) is 5.39. The monoisotopic (exact) mass is 773 g/mol. The van der Waals surface area contributed by atoms with Gasteiger partial charge >= 0.3 is 0 Å². The summed E-state index contributed by atoms with van der Waals surface area (Å²) in [6.45, 7) is 0.410. The fraction of sp³-hybridized carbons (Fsp3) is 0.0364. The molecule has 0 saturated heterocycles. The molecule has 0 radical (unpaired) electrons. The van der Waals surface area contributed by atoms with Crippen LogP contribution in [0.2, 0.25) is 0 Å². The highest BCUT2D eigenvalue weighted by Gasteiger charge is 2.21. The number of nitrogens with two attached hydrogens (primary N) is 1. The molecular formula is C55H39N3O2. The first-order valence-corrected chi connectivity index (χ1v) is 20.3. The molecule has 0 spiro atoms. The van der Waals surface area contributed by atoms with Crippen LogP contribution in [0.3, 0.4) is 0 Å². The van der Waals surface area contributed by atoms with E-state index in [0.29, 0.717) is 12.4 Å². The van der Waals surface area contributed by atoms with Crippen LogP contribution in [0.5, 0.6) is 0 Å². The Balaban J connectivity index is 1.08. The van der Waals surface area contributed by atoms with E-state index in [1.54, 1.807) is 0 Å². The molecule has 0 amide bonds. The summed E-state index contributed by atoms with van der Waals surface area (Å²) in [5, 5.41) is 10.2. The van der Waals surface area contributed by atoms with Crippen LogP contribution in [0.4, 0.5) is 0 Å². The Morgan fingerprint density at radius 2 is 1.08 bits per heavy atom. The van der Waals surface area contributed by atoms with E-state index in [4.69, 9.17) is 19.6 Å². The van der Waals surface area contributed by atoms with Gasteiger partial charge in [0.05, 0.1) is 6.54 Å². The molecule has 60 heavy (non-hydrogen) atoms. The predicted molar refractivity (Wildman–Crippen MR) is 248 cm³/mol. The van der Waals surface area contributed by atoms with Crippen LogP contribution in [0.15, 0.2) is 214 Å². The number of nitrogens with one attached hydrogen (secondary N) is 1. The van der Waals surface area contributed by atoms with Crippen LogP contribution in [-0.2, 0) is 6.54 Å². The van der Waals surface area contributed by atoms with Crippen molar-refractivity contribution in [3.63, 3.8) is 0 Å². The maximum absolute atomic E-state index is 7.08. The summed E-state index contributed by atoms with van der Waals surface area (Å²) in [5.74, 6) is 0.695. The lowest BCUT2D eigenvalue weighted by Gasteiger charge is -2.20. The van der Waals surface area contributed by atoms with Gasteiger partial charge in [-0.05, 0) is 86.1 Å². The molecule has 1 atom stereocenters. The minimum absolute atomic E-state index is 0.410. The Morgan fingerprint density at radius 3 is 1.85 bits per heavy atom. The van der Waals surface area contributed by atoms with Gasteiger partial charge in [-0.15, -0.1) is 0 Å². The summed E-state index contributed by atoms with van der Waals surface area (Å²) >= 11 is 0. The second kappa shape index (κ2) is 14.9. The molecule has 11 rings (SSSR count). The summed E-state index contributed by atoms with van der Waals surface area (Å²) in [6, 6.07) is 69.4. The number of aliphatic imine (C=N–C) groups is 1. The Labute approximate surface area is 347 Å². The second-order valence-corrected chi connectivity index (χ2v) is 15.2. The minimum atomic E-state index is -0.538. The first-order chi connectivity index (χ1) is 29.7. The number of amidine groups is 1. The zero-order chi connectivity index (χ0) is 40.0. The predicted octanol–water partition coefficient (Wildman–Crippen LogP) is 13.8. The van der Waals surface area contributed by atoms with Gasteiger partial charge in [0.2, 0.25) is 0 Å². The van der Waals surface area contributed by atoms with Crippen molar-refractivity contribution in [3.8, 4) is 33.4 Å². The Morgan fingerprint density at radius 1 is 0.483 bits per heavy atom. The van der Waals surface area contributed by atoms with Crippen LogP contribution in [-0.4, -0.2) is 5.84 Å². The molecule has 9 aromatic carbocycles. The van der Waals surface area contributed by atoms with E-state index in [-0.39, 0.29) is 0 Å². The Bertz CT molecular complexity index is 3380. The van der Waals surface area contributed by atoms with Gasteiger partial charge in [0.25, 0.3) is 0 Å². The molecule has 5 nitrogen and oxygen atoms in total. The molecule has 286 valence electrons. The summed E-state index contributed by atoms with van der Waals surface area (Å²) in [6.07, 6.45) is -0.538. The van der Waals surface area contributed by atoms with Gasteiger partial charge < -0.3 is 19.9 Å². The third-order valence-electron chi connectivity index (χ3n) is 11.6. The van der Waals surface area contributed by atoms with Gasteiger partial charge in [0.1, 0.15) is 34.3 Å². The van der Waals surface area contributed by atoms with Crippen molar-refractivity contribution in [3.05, 3.63) is 217 Å². The summed E-state index contributed by atoms with van der Waals surface area (Å²) < 4.78 is 13.0. The average Bonchev–Trinajstić information content (AvgIpc) is 3.90. The van der Waals surface area contributed by atoms with E-state index < -0.39 is 6.17 Å². The van der Waals surface area contributed by atoms with Gasteiger partial charge in [-0.2, -0.15) is 0 Å². The molecule has 3 N–H and O–H groups in total. The quantitative estimate of drug-likeness (QED) is 0.0916. The maximum Gasteiger partial charge on any atom is 0.143 e. The van der Waals surface area contributed by atoms with Crippen molar-refractivity contribution in [1.82, 2.24) is 5.32 Å². The number of nitrogens with zero attached hydrogens (tertiary/aromatic N) is 1. The second-order valence-electron chi connectivity index (χ2n) is 15.2. The third kappa shape index (κ3) is 6.29. The van der Waals surface area contributed by atoms with Crippen molar-refractivity contribution >= 4 is 60.5 Å². The van der Waals surface area contributed by atoms with E-state index >= 15 is 0 Å². The Hall–Kier alpha value is -7.73. The van der Waals surface area contributed by atoms with Crippen LogP contribution < -0.4 is 11.1 Å². The Kier molecular flexibility index (Phi) is 8.80. The number of benzene rings is 9. The van der Waals surface area contributed by atoms with Crippen LogP contribution >= 0.6 is 0 Å². The molecule has 11 aromatic rings. The lowest BCUT2D eigenvalue weighted by Crippen LogP contribution is -2.35. The zero-order valence-electron chi connectivity index (χ0n) is 32.7. The van der Waals surface area contributed by atoms with Crippen molar-refractivity contribution in [2.24, 2.45) is 10.7 Å². The van der Waals surface area contributed by atoms with Gasteiger partial charge in [-0.1, -0.05) is 164 Å². The number of furan rings is 2. The van der Waals surface area contributed by atoms with Crippen LogP contribution in [0.1, 0.15) is 22.9 Å². The highest BCUT2D eigenvalue weighted by Crippen LogP contribution is 2.44. The summed E-state index contributed by atoms with van der Waals surface area (Å²) in [5.41, 5.74) is 20.1. The van der Waals surface area contributed by atoms with Crippen molar-refractivity contribution in [2.75, 3.05) is 0 Å². The molecule has 1 unspecified atom stereocenters. The number of para-hydroxylation sites is 2. The molecule has 0 aliphatic carbocycles. The molecule has 0 bridgehead atoms. The molecule has 2 heterocycles. The van der Waals surface area contributed by atoms with E-state index in [0.717, 1.165) is 105 Å². The number of hydrogen-bond donors (Lipinski definition) is 2. The molecular weight excluding hydrogens is 735 g/mol. The fourth-order valence-corrected chi connectivity index (χ4v) is 8.68. The van der Waals surface area contributed by atoms with Gasteiger partial charge in [-0.25, -0.2) is 0 Å². The maximum atomic E-state index is 7.08. The smallest absolute Gasteiger partial charge is 0.143 e. The van der Waals surface area contributed by atoms with E-state index in [9.17, 15) is 0 Å². The van der Waals surface area contributed by atoms with Crippen molar-refractivity contribution in [2.45, 2.75) is 12.7 Å². The van der Waals surface area contributed by atoms with Gasteiger partial charge in [0, 0.05) is 32.7 Å². The standard InChI is InChI=1S/C55H39N3O2/c56-54(38-28-26-36(27-29-38)35-14-3-1-4-15-35)58-55(57-34-40-19-13-25-50-51(40)45-21-9-11-23-48(45)59-50)41-32-39-18-7-8-20-42(39)47(33-41)44-31-30-43(37-16-5-2-6-17-37)53-52(44)46-22-10-12-24-49(46)60-53/h1-33,54H,34,56H2,(H,57,58). The van der Waals surface area contributed by atoms with Crippen molar-refractivity contribution in [1.29, 1.82) is 0 Å². The molecule has 0 fully saturated rings. The first-order valence-electron chi connectivity index (χ1n) is 20.3. The van der Waals surface area contributed by atoms with Crippen LogP contribution in [0.25, 0.3) is 88.0 Å². The lowest BCUT2D eigenvalue weighted by atomic mass is 9.90. The third-order valence-corrected chi connectivity index (χ3v) is 11.6. The summed E-state index contributed by atoms with van der Waals surface area (Å²) in [7, 11) is 0. The van der Waals surface area contributed by atoms with E-state index in [2.05, 4.69) is 163 Å². The topological polar surface area (TPSA) is 76.7 Å². The SMILES string of the molecule is NC(N/C(=N\Cc1cccc2oc3ccccc3c12)c1cc(-c2ccc(-c3ccccc3)c3oc4ccccc4c23)c2ccccc2c1)c1ccc(-c2ccccc2)cc1. The number of hydrogen-bond acceptors (Lipinski definition) is 4. The normalized spacial score (nSPS) is 12.5. The molecule has 2 aromatic heterocycles. The van der Waals surface area contributed by atoms with Gasteiger partial charge in [-0.3, -0.25) is 4.99 Å².